The molecular formula is C17H13F2N3OS. The minimum atomic E-state index is -1.03. The summed E-state index contributed by atoms with van der Waals surface area (Å²) in [7, 11) is 0. The minimum absolute atomic E-state index is 0.289. The van der Waals surface area contributed by atoms with Gasteiger partial charge >= 0.3 is 0 Å². The lowest BCUT2D eigenvalue weighted by molar-refractivity contribution is -0.117. The number of rotatable bonds is 3. The molecule has 1 aliphatic carbocycles. The number of anilines is 1. The van der Waals surface area contributed by atoms with Crippen LogP contribution in [0.2, 0.25) is 0 Å². The van der Waals surface area contributed by atoms with Crippen LogP contribution in [-0.4, -0.2) is 22.0 Å². The van der Waals surface area contributed by atoms with Gasteiger partial charge in [-0.3, -0.25) is 4.79 Å². The van der Waals surface area contributed by atoms with E-state index in [4.69, 9.17) is 0 Å². The summed E-state index contributed by atoms with van der Waals surface area (Å²) < 4.78 is 27.0. The van der Waals surface area contributed by atoms with E-state index in [1.807, 2.05) is 25.1 Å². The second kappa shape index (κ2) is 5.59. The van der Waals surface area contributed by atoms with E-state index in [1.54, 1.807) is 0 Å². The highest BCUT2D eigenvalue weighted by atomic mass is 32.1. The molecule has 1 amide bonds. The molecule has 0 aliphatic heterocycles. The van der Waals surface area contributed by atoms with Crippen molar-refractivity contribution in [1.29, 1.82) is 0 Å². The monoisotopic (exact) mass is 344 g/mol. The van der Waals surface area contributed by atoms with E-state index in [0.29, 0.717) is 5.13 Å². The van der Waals surface area contributed by atoms with Gasteiger partial charge in [-0.05, 0) is 42.7 Å². The van der Waals surface area contributed by atoms with Gasteiger partial charge in [0.1, 0.15) is 6.17 Å². The Morgan fingerprint density at radius 2 is 2.17 bits per heavy atom. The van der Waals surface area contributed by atoms with Crippen LogP contribution >= 0.6 is 11.3 Å². The Bertz CT molecular complexity index is 956. The Hall–Kier alpha value is -2.41. The molecule has 1 saturated carbocycles. The van der Waals surface area contributed by atoms with Gasteiger partial charge in [-0.1, -0.05) is 17.4 Å². The van der Waals surface area contributed by atoms with Crippen molar-refractivity contribution in [3.05, 3.63) is 42.0 Å². The van der Waals surface area contributed by atoms with Crippen molar-refractivity contribution in [1.82, 2.24) is 9.97 Å². The van der Waals surface area contributed by atoms with Crippen LogP contribution in [0.3, 0.4) is 0 Å². The van der Waals surface area contributed by atoms with Gasteiger partial charge in [0, 0.05) is 11.8 Å². The van der Waals surface area contributed by atoms with Gasteiger partial charge in [-0.15, -0.1) is 0 Å². The third-order valence-electron chi connectivity index (χ3n) is 4.06. The fraction of sp³-hybridized carbons (Fsp3) is 0.235. The average Bonchev–Trinajstić information content (AvgIpc) is 3.13. The molecule has 1 fully saturated rings. The number of aryl methyl sites for hydroxylation is 1. The number of aromatic nitrogens is 2. The van der Waals surface area contributed by atoms with Gasteiger partial charge in [-0.2, -0.15) is 4.39 Å². The second-order valence-corrected chi connectivity index (χ2v) is 6.90. The number of nitrogens with one attached hydrogen (secondary N) is 1. The molecule has 2 heterocycles. The summed E-state index contributed by atoms with van der Waals surface area (Å²) >= 11 is 1.33. The van der Waals surface area contributed by atoms with Crippen LogP contribution in [-0.2, 0) is 4.79 Å². The smallest absolute Gasteiger partial charge is 0.232 e. The Morgan fingerprint density at radius 3 is 2.88 bits per heavy atom. The van der Waals surface area contributed by atoms with Crippen molar-refractivity contribution in [3.63, 3.8) is 0 Å². The molecule has 122 valence electrons. The third kappa shape index (κ3) is 2.75. The Labute approximate surface area is 140 Å². The zero-order valence-corrected chi connectivity index (χ0v) is 13.5. The molecule has 2 atom stereocenters. The molecule has 1 aliphatic rings. The highest BCUT2D eigenvalue weighted by Crippen LogP contribution is 2.36. The van der Waals surface area contributed by atoms with Gasteiger partial charge in [0.15, 0.2) is 5.13 Å². The number of hydrogen-bond acceptors (Lipinski definition) is 4. The van der Waals surface area contributed by atoms with E-state index < -0.39 is 18.0 Å². The maximum Gasteiger partial charge on any atom is 0.232 e. The first-order chi connectivity index (χ1) is 11.5. The van der Waals surface area contributed by atoms with Crippen LogP contribution < -0.4 is 5.32 Å². The van der Waals surface area contributed by atoms with E-state index in [-0.39, 0.29) is 12.3 Å². The molecule has 0 unspecified atom stereocenters. The van der Waals surface area contributed by atoms with Crippen molar-refractivity contribution in [2.24, 2.45) is 5.92 Å². The molecule has 1 N–H and O–H groups in total. The number of amides is 1. The first-order valence-electron chi connectivity index (χ1n) is 7.49. The predicted octanol–water partition coefficient (Wildman–Crippen LogP) is 4.10. The number of halogens is 2. The average molecular weight is 344 g/mol. The quantitative estimate of drug-likeness (QED) is 0.728. The van der Waals surface area contributed by atoms with Crippen molar-refractivity contribution in [3.8, 4) is 11.1 Å². The molecule has 3 aromatic rings. The summed E-state index contributed by atoms with van der Waals surface area (Å²) in [6.07, 6.45) is 0.766. The number of benzene rings is 1. The van der Waals surface area contributed by atoms with Crippen LogP contribution in [0, 0.1) is 18.8 Å². The molecule has 4 nitrogen and oxygen atoms in total. The van der Waals surface area contributed by atoms with Crippen molar-refractivity contribution in [2.45, 2.75) is 19.5 Å². The molecule has 1 aromatic carbocycles. The summed E-state index contributed by atoms with van der Waals surface area (Å²) in [6.45, 7) is 1.83. The summed E-state index contributed by atoms with van der Waals surface area (Å²) in [4.78, 5) is 19.8. The number of hydrogen-bond donors (Lipinski definition) is 1. The molecular weight excluding hydrogens is 331 g/mol. The number of nitrogens with zero attached hydrogens (tertiary/aromatic N) is 2. The molecule has 0 bridgehead atoms. The molecule has 0 radical (unpaired) electrons. The maximum absolute atomic E-state index is 13.2. The van der Waals surface area contributed by atoms with Crippen LogP contribution in [0.25, 0.3) is 21.3 Å². The number of carbonyl (C=O) groups excluding carboxylic acids is 1. The number of pyridine rings is 1. The van der Waals surface area contributed by atoms with Crippen LogP contribution in [0.4, 0.5) is 13.9 Å². The summed E-state index contributed by atoms with van der Waals surface area (Å²) in [5.41, 5.74) is 3.29. The Morgan fingerprint density at radius 1 is 1.38 bits per heavy atom. The largest absolute Gasteiger partial charge is 0.302 e. The fourth-order valence-electron chi connectivity index (χ4n) is 2.60. The number of alkyl halides is 1. The van der Waals surface area contributed by atoms with Gasteiger partial charge in [0.05, 0.1) is 16.1 Å². The van der Waals surface area contributed by atoms with Crippen LogP contribution in [0.1, 0.15) is 12.0 Å². The summed E-state index contributed by atoms with van der Waals surface area (Å²) in [5, 5.41) is 3.13. The molecule has 2 aromatic heterocycles. The van der Waals surface area contributed by atoms with Crippen molar-refractivity contribution in [2.75, 3.05) is 5.32 Å². The Balaban J connectivity index is 1.64. The van der Waals surface area contributed by atoms with E-state index in [1.165, 1.54) is 23.6 Å². The first-order valence-corrected chi connectivity index (χ1v) is 8.31. The fourth-order valence-corrected chi connectivity index (χ4v) is 3.51. The molecule has 7 heteroatoms. The first kappa shape index (κ1) is 15.1. The predicted molar refractivity (Wildman–Crippen MR) is 89.2 cm³/mol. The van der Waals surface area contributed by atoms with Crippen molar-refractivity contribution >= 4 is 32.6 Å². The second-order valence-electron chi connectivity index (χ2n) is 5.87. The van der Waals surface area contributed by atoms with E-state index in [2.05, 4.69) is 15.3 Å². The number of carbonyl (C=O) groups is 1. The van der Waals surface area contributed by atoms with Crippen molar-refractivity contribution < 1.29 is 13.6 Å². The SMILES string of the molecule is Cc1cc([18F])ncc1-c1ccc2nc(NC(=O)[C@@H]3C[C@@H]3F)sc2c1. The van der Waals surface area contributed by atoms with Gasteiger partial charge < -0.3 is 5.32 Å². The standard InChI is InChI=1S/C17H13F2N3OS/c1-8-4-15(19)20-7-11(8)9-2-3-13-14(5-9)24-17(21-13)22-16(23)10-6-12(10)18/h2-5,7,10,12H,6H2,1H3,(H,21,22,23)/t10-,12+/m1/s1/i19-1. The third-order valence-corrected chi connectivity index (χ3v) is 4.99. The zero-order chi connectivity index (χ0) is 16.8. The molecule has 24 heavy (non-hydrogen) atoms. The number of thiazole rings is 1. The lowest BCUT2D eigenvalue weighted by Crippen LogP contribution is -2.14. The van der Waals surface area contributed by atoms with Gasteiger partial charge in [0.25, 0.3) is 0 Å². The highest BCUT2D eigenvalue weighted by Gasteiger charge is 2.43. The maximum atomic E-state index is 13.2. The minimum Gasteiger partial charge on any atom is -0.302 e. The van der Waals surface area contributed by atoms with Gasteiger partial charge in [-0.25, -0.2) is 14.4 Å². The van der Waals surface area contributed by atoms with Crippen LogP contribution in [0.5, 0.6) is 0 Å². The highest BCUT2D eigenvalue weighted by molar-refractivity contribution is 7.22. The molecule has 0 spiro atoms. The van der Waals surface area contributed by atoms with E-state index in [0.717, 1.165) is 26.9 Å². The zero-order valence-electron chi connectivity index (χ0n) is 12.7. The Kier molecular flexibility index (Phi) is 3.53. The normalized spacial score (nSPS) is 19.5. The van der Waals surface area contributed by atoms with E-state index in [9.17, 15) is 13.6 Å². The van der Waals surface area contributed by atoms with Gasteiger partial charge in [0.2, 0.25) is 11.9 Å². The summed E-state index contributed by atoms with van der Waals surface area (Å²) in [5.74, 6) is -1.37. The van der Waals surface area contributed by atoms with Crippen LogP contribution in [0.15, 0.2) is 30.5 Å². The lowest BCUT2D eigenvalue weighted by atomic mass is 10.0. The molecule has 4 rings (SSSR count). The summed E-state index contributed by atoms with van der Waals surface area (Å²) in [6, 6.07) is 7.04. The topological polar surface area (TPSA) is 54.9 Å². The number of fused-ring (bicyclic) bond motifs is 1. The molecule has 0 saturated heterocycles. The lowest BCUT2D eigenvalue weighted by Gasteiger charge is -2.05. The van der Waals surface area contributed by atoms with E-state index >= 15 is 0 Å².